The monoisotopic (exact) mass is 807 g/mol. The first-order valence-corrected chi connectivity index (χ1v) is 22.7. The van der Waals surface area contributed by atoms with Crippen LogP contribution in [0.5, 0.6) is 0 Å². The van der Waals surface area contributed by atoms with Gasteiger partial charge in [0, 0.05) is 53.9 Å². The van der Waals surface area contributed by atoms with Crippen molar-refractivity contribution in [2.45, 2.75) is 145 Å². The number of aliphatic hydroxyl groups excluding tert-OH is 2. The minimum absolute atomic E-state index is 0.0135. The molecule has 0 aromatic heterocycles. The van der Waals surface area contributed by atoms with Gasteiger partial charge in [0.25, 0.3) is 0 Å². The number of esters is 1. The molecule has 0 aliphatic heterocycles. The maximum atomic E-state index is 14.3. The van der Waals surface area contributed by atoms with Gasteiger partial charge in [0.15, 0.2) is 5.78 Å². The molecule has 0 saturated heterocycles. The summed E-state index contributed by atoms with van der Waals surface area (Å²) in [6, 6.07) is 8.04. The number of rotatable bonds is 14. The zero-order valence-electron chi connectivity index (χ0n) is 37.1. The van der Waals surface area contributed by atoms with Gasteiger partial charge >= 0.3 is 5.97 Å². The first-order chi connectivity index (χ1) is 26.6. The molecule has 4 saturated carbocycles. The van der Waals surface area contributed by atoms with Crippen LogP contribution in [0.1, 0.15) is 132 Å². The van der Waals surface area contributed by atoms with Gasteiger partial charge in [-0.25, -0.2) is 0 Å². The van der Waals surface area contributed by atoms with E-state index in [1.165, 1.54) is 5.57 Å². The zero-order chi connectivity index (χ0) is 41.9. The van der Waals surface area contributed by atoms with E-state index < -0.39 is 16.9 Å². The third-order valence-electron chi connectivity index (χ3n) is 17.0. The van der Waals surface area contributed by atoms with Crippen LogP contribution in [0.4, 0.5) is 0 Å². The SMILES string of the molecule is C=C(O)C(C)(C)CC(=O)OC1CCC2(C)C(CCC3(C)C4CCC5([C@H](O)CN(CCN(C)C)Cc6cccc(Cl)c6)CC(=O)C(C(C)C)=C5C4CCC32)C1(C)CC. The van der Waals surface area contributed by atoms with Crippen LogP contribution in [0.3, 0.4) is 0 Å². The largest absolute Gasteiger partial charge is 0.512 e. The number of fused-ring (bicyclic) bond motifs is 7. The van der Waals surface area contributed by atoms with E-state index in [0.717, 1.165) is 87.0 Å². The number of hydrogen-bond acceptors (Lipinski definition) is 7. The summed E-state index contributed by atoms with van der Waals surface area (Å²) < 4.78 is 6.38. The quantitative estimate of drug-likeness (QED) is 0.143. The molecule has 5 aliphatic rings. The highest BCUT2D eigenvalue weighted by Gasteiger charge is 2.67. The highest BCUT2D eigenvalue weighted by atomic mass is 35.5. The summed E-state index contributed by atoms with van der Waals surface area (Å²) in [4.78, 5) is 32.2. The molecule has 9 unspecified atom stereocenters. The molecule has 318 valence electrons. The molecule has 4 fully saturated rings. The van der Waals surface area contributed by atoms with Crippen molar-refractivity contribution in [2.75, 3.05) is 33.7 Å². The fourth-order valence-electron chi connectivity index (χ4n) is 13.8. The van der Waals surface area contributed by atoms with Gasteiger partial charge in [-0.1, -0.05) is 91.3 Å². The van der Waals surface area contributed by atoms with Crippen molar-refractivity contribution < 1.29 is 24.5 Å². The number of ketones is 1. The first kappa shape index (κ1) is 44.4. The van der Waals surface area contributed by atoms with Crippen molar-refractivity contribution >= 4 is 23.4 Å². The maximum absolute atomic E-state index is 14.3. The summed E-state index contributed by atoms with van der Waals surface area (Å²) in [6.07, 6.45) is 8.94. The van der Waals surface area contributed by atoms with Gasteiger partial charge in [-0.05, 0) is 136 Å². The van der Waals surface area contributed by atoms with E-state index >= 15 is 0 Å². The van der Waals surface area contributed by atoms with Crippen LogP contribution in [0.2, 0.25) is 5.02 Å². The third kappa shape index (κ3) is 7.95. The number of halogens is 1. The Morgan fingerprint density at radius 3 is 2.35 bits per heavy atom. The number of ether oxygens (including phenoxy) is 1. The molecule has 5 aliphatic carbocycles. The lowest BCUT2D eigenvalue weighted by Crippen LogP contribution is -2.63. The van der Waals surface area contributed by atoms with Crippen LogP contribution in [0, 0.1) is 56.7 Å². The lowest BCUT2D eigenvalue weighted by atomic mass is 9.36. The topological polar surface area (TPSA) is 90.3 Å². The van der Waals surface area contributed by atoms with Crippen LogP contribution in [0.15, 0.2) is 47.7 Å². The second kappa shape index (κ2) is 16.3. The second-order valence-electron chi connectivity index (χ2n) is 21.3. The molecule has 1 aromatic carbocycles. The van der Waals surface area contributed by atoms with E-state index in [4.69, 9.17) is 16.3 Å². The number of carbonyl (C=O) groups is 2. The number of carbonyl (C=O) groups excluding carboxylic acids is 2. The molecule has 10 atom stereocenters. The Kier molecular flexibility index (Phi) is 12.7. The van der Waals surface area contributed by atoms with E-state index in [1.807, 2.05) is 32.0 Å². The van der Waals surface area contributed by atoms with Crippen LogP contribution in [-0.2, 0) is 20.9 Å². The lowest BCUT2D eigenvalue weighted by molar-refractivity contribution is -0.219. The van der Waals surface area contributed by atoms with E-state index in [-0.39, 0.29) is 52.2 Å². The molecule has 0 amide bonds. The van der Waals surface area contributed by atoms with Gasteiger partial charge in [0.1, 0.15) is 6.10 Å². The Bertz CT molecular complexity index is 1720. The number of hydrogen-bond donors (Lipinski definition) is 2. The van der Waals surface area contributed by atoms with Crippen LogP contribution in [-0.4, -0.2) is 77.7 Å². The Hall–Kier alpha value is -2.19. The van der Waals surface area contributed by atoms with Crippen LogP contribution in [0.25, 0.3) is 0 Å². The number of nitrogens with zero attached hydrogens (tertiary/aromatic N) is 2. The van der Waals surface area contributed by atoms with Crippen molar-refractivity contribution in [1.29, 1.82) is 0 Å². The molecule has 57 heavy (non-hydrogen) atoms. The highest BCUT2D eigenvalue weighted by molar-refractivity contribution is 6.30. The Labute approximate surface area is 350 Å². The third-order valence-corrected chi connectivity index (χ3v) is 17.3. The summed E-state index contributed by atoms with van der Waals surface area (Å²) in [6.45, 7) is 24.5. The van der Waals surface area contributed by atoms with Crippen molar-refractivity contribution in [3.8, 4) is 0 Å². The van der Waals surface area contributed by atoms with Crippen molar-refractivity contribution in [2.24, 2.45) is 56.7 Å². The second-order valence-corrected chi connectivity index (χ2v) is 21.7. The van der Waals surface area contributed by atoms with E-state index in [1.54, 1.807) is 0 Å². The Morgan fingerprint density at radius 2 is 1.72 bits per heavy atom. The number of Topliss-reactive ketones (excluding diaryl/α,β-unsaturated/α-hetero) is 1. The van der Waals surface area contributed by atoms with Gasteiger partial charge in [0.2, 0.25) is 0 Å². The summed E-state index contributed by atoms with van der Waals surface area (Å²) in [7, 11) is 4.18. The number of benzene rings is 1. The average molecular weight is 808 g/mol. The minimum atomic E-state index is -0.723. The maximum Gasteiger partial charge on any atom is 0.307 e. The molecular formula is C49H75ClN2O5. The van der Waals surface area contributed by atoms with E-state index in [0.29, 0.717) is 43.2 Å². The van der Waals surface area contributed by atoms with Crippen LogP contribution < -0.4 is 0 Å². The highest BCUT2D eigenvalue weighted by Crippen LogP contribution is 2.73. The molecule has 7 nitrogen and oxygen atoms in total. The van der Waals surface area contributed by atoms with Gasteiger partial charge in [-0.3, -0.25) is 14.5 Å². The lowest BCUT2D eigenvalue weighted by Gasteiger charge is -2.69. The summed E-state index contributed by atoms with van der Waals surface area (Å²) in [5, 5.41) is 23.5. The minimum Gasteiger partial charge on any atom is -0.512 e. The number of aliphatic hydroxyl groups is 2. The van der Waals surface area contributed by atoms with Crippen LogP contribution >= 0.6 is 11.6 Å². The standard InChI is InChI=1S/C49H75ClN2O5/c1-12-46(7)39-19-21-47(8)36-18-23-49(40(55)30-52(25-24-51(10)11)29-33-14-13-15-34(50)26-33)27-37(54)43(31(2)3)44(49)35(36)16-17-38(47)48(39,9)22-20-41(46)57-42(56)28-45(5,6)32(4)53/h13-15,26,31,35-36,38-41,53,55H,4,12,16-25,27-30H2,1-3,5-11H3/t35?,36?,38?,39?,40-,41?,46?,47?,48?,49?/m1/s1. The number of likely N-dealkylation sites (N-methyl/N-ethyl adjacent to an activating group) is 1. The average Bonchev–Trinajstić information content (AvgIpc) is 3.45. The van der Waals surface area contributed by atoms with E-state index in [2.05, 4.69) is 78.1 Å². The van der Waals surface area contributed by atoms with Crippen molar-refractivity contribution in [3.63, 3.8) is 0 Å². The molecule has 2 N–H and O–H groups in total. The normalized spacial score (nSPS) is 35.8. The Balaban J connectivity index is 1.27. The molecule has 0 bridgehead atoms. The summed E-state index contributed by atoms with van der Waals surface area (Å²) in [5.41, 5.74) is 2.35. The number of allylic oxidation sites excluding steroid dienone is 2. The summed E-state index contributed by atoms with van der Waals surface area (Å²) >= 11 is 6.41. The fraction of sp³-hybridized carbons (Fsp3) is 0.755. The van der Waals surface area contributed by atoms with Gasteiger partial charge < -0.3 is 19.8 Å². The molecule has 0 radical (unpaired) electrons. The predicted molar refractivity (Wildman–Crippen MR) is 231 cm³/mol. The predicted octanol–water partition coefficient (Wildman–Crippen LogP) is 10.4. The van der Waals surface area contributed by atoms with Crippen molar-refractivity contribution in [1.82, 2.24) is 9.80 Å². The molecular weight excluding hydrogens is 732 g/mol. The first-order valence-electron chi connectivity index (χ1n) is 22.3. The molecule has 0 spiro atoms. The molecule has 8 heteroatoms. The van der Waals surface area contributed by atoms with E-state index in [9.17, 15) is 19.8 Å². The van der Waals surface area contributed by atoms with Gasteiger partial charge in [0.05, 0.1) is 18.3 Å². The summed E-state index contributed by atoms with van der Waals surface area (Å²) in [5.74, 6) is 1.91. The molecule has 0 heterocycles. The molecule has 1 aromatic rings. The smallest absolute Gasteiger partial charge is 0.307 e. The van der Waals surface area contributed by atoms with Crippen molar-refractivity contribution in [3.05, 3.63) is 58.3 Å². The molecule has 6 rings (SSSR count). The zero-order valence-corrected chi connectivity index (χ0v) is 37.8. The fourth-order valence-corrected chi connectivity index (χ4v) is 14.0. The van der Waals surface area contributed by atoms with Gasteiger partial charge in [-0.2, -0.15) is 0 Å². The van der Waals surface area contributed by atoms with Gasteiger partial charge in [-0.15, -0.1) is 0 Å². The Morgan fingerprint density at radius 1 is 1.02 bits per heavy atom.